The normalized spacial score (nSPS) is 21.9. The highest BCUT2D eigenvalue weighted by molar-refractivity contribution is 9.10. The van der Waals surface area contributed by atoms with Crippen molar-refractivity contribution in [2.75, 3.05) is 19.6 Å². The molecule has 2 rings (SSSR count). The molecule has 23 heavy (non-hydrogen) atoms. The van der Waals surface area contributed by atoms with Gasteiger partial charge < -0.3 is 16.0 Å². The SMILES string of the molecule is CC(C)N1CCCC(CNC(=O)C(C)(N)c2ccc(Br)cc2)C1. The minimum atomic E-state index is -1.01. The number of hydrogen-bond donors (Lipinski definition) is 2. The first-order chi connectivity index (χ1) is 10.8. The van der Waals surface area contributed by atoms with Crippen LogP contribution in [0.5, 0.6) is 0 Å². The highest BCUT2D eigenvalue weighted by atomic mass is 79.9. The molecule has 1 saturated heterocycles. The van der Waals surface area contributed by atoms with E-state index in [0.717, 1.165) is 23.1 Å². The highest BCUT2D eigenvalue weighted by Gasteiger charge is 2.31. The van der Waals surface area contributed by atoms with Gasteiger partial charge in [0, 0.05) is 23.6 Å². The number of carbonyl (C=O) groups excluding carboxylic acids is 1. The number of benzene rings is 1. The number of amides is 1. The van der Waals surface area contributed by atoms with Crippen molar-refractivity contribution in [1.29, 1.82) is 0 Å². The van der Waals surface area contributed by atoms with E-state index in [4.69, 9.17) is 5.73 Å². The van der Waals surface area contributed by atoms with Gasteiger partial charge in [0.1, 0.15) is 5.54 Å². The van der Waals surface area contributed by atoms with Gasteiger partial charge in [0.05, 0.1) is 0 Å². The molecule has 0 aliphatic carbocycles. The second-order valence-corrected chi connectivity index (χ2v) is 7.93. The molecule has 1 amide bonds. The molecule has 0 radical (unpaired) electrons. The van der Waals surface area contributed by atoms with E-state index in [0.29, 0.717) is 18.5 Å². The lowest BCUT2D eigenvalue weighted by Gasteiger charge is -2.36. The van der Waals surface area contributed by atoms with E-state index in [1.54, 1.807) is 6.92 Å². The molecule has 1 fully saturated rings. The van der Waals surface area contributed by atoms with Gasteiger partial charge in [-0.3, -0.25) is 4.79 Å². The molecule has 5 heteroatoms. The molecule has 0 bridgehead atoms. The predicted molar refractivity (Wildman–Crippen MR) is 98.1 cm³/mol. The van der Waals surface area contributed by atoms with Crippen LogP contribution in [-0.4, -0.2) is 36.5 Å². The molecule has 1 heterocycles. The highest BCUT2D eigenvalue weighted by Crippen LogP contribution is 2.22. The first-order valence-electron chi connectivity index (χ1n) is 8.38. The van der Waals surface area contributed by atoms with Gasteiger partial charge in [0.15, 0.2) is 0 Å². The molecule has 3 N–H and O–H groups in total. The molecule has 0 spiro atoms. The number of piperidine rings is 1. The van der Waals surface area contributed by atoms with Gasteiger partial charge in [-0.2, -0.15) is 0 Å². The number of carbonyl (C=O) groups is 1. The summed E-state index contributed by atoms with van der Waals surface area (Å²) in [6, 6.07) is 8.18. The van der Waals surface area contributed by atoms with Crippen LogP contribution >= 0.6 is 15.9 Å². The van der Waals surface area contributed by atoms with Crippen LogP contribution in [-0.2, 0) is 10.3 Å². The zero-order valence-electron chi connectivity index (χ0n) is 14.3. The summed E-state index contributed by atoms with van der Waals surface area (Å²) in [4.78, 5) is 15.0. The Morgan fingerprint density at radius 2 is 2.09 bits per heavy atom. The second kappa shape index (κ2) is 7.77. The first kappa shape index (κ1) is 18.4. The lowest BCUT2D eigenvalue weighted by atomic mass is 9.91. The summed E-state index contributed by atoms with van der Waals surface area (Å²) in [5.74, 6) is 0.400. The fraction of sp³-hybridized carbons (Fsp3) is 0.611. The smallest absolute Gasteiger partial charge is 0.244 e. The topological polar surface area (TPSA) is 58.4 Å². The van der Waals surface area contributed by atoms with Crippen molar-refractivity contribution < 1.29 is 4.79 Å². The van der Waals surface area contributed by atoms with E-state index in [1.165, 1.54) is 12.8 Å². The van der Waals surface area contributed by atoms with Crippen molar-refractivity contribution in [1.82, 2.24) is 10.2 Å². The fourth-order valence-electron chi connectivity index (χ4n) is 3.08. The van der Waals surface area contributed by atoms with Gasteiger partial charge in [0.25, 0.3) is 0 Å². The van der Waals surface area contributed by atoms with Crippen LogP contribution in [0.15, 0.2) is 28.7 Å². The van der Waals surface area contributed by atoms with E-state index in [9.17, 15) is 4.79 Å². The summed E-state index contributed by atoms with van der Waals surface area (Å²) in [5.41, 5.74) is 6.10. The summed E-state index contributed by atoms with van der Waals surface area (Å²) in [6.07, 6.45) is 2.37. The quantitative estimate of drug-likeness (QED) is 0.824. The van der Waals surface area contributed by atoms with Crippen LogP contribution in [0.1, 0.15) is 39.2 Å². The third kappa shape index (κ3) is 4.78. The molecule has 1 aromatic carbocycles. The maximum Gasteiger partial charge on any atom is 0.244 e. The third-order valence-corrected chi connectivity index (χ3v) is 5.28. The van der Waals surface area contributed by atoms with Crippen molar-refractivity contribution in [2.45, 2.75) is 45.2 Å². The van der Waals surface area contributed by atoms with E-state index >= 15 is 0 Å². The van der Waals surface area contributed by atoms with Crippen LogP contribution < -0.4 is 11.1 Å². The third-order valence-electron chi connectivity index (χ3n) is 4.75. The molecule has 2 unspecified atom stereocenters. The molecule has 1 aliphatic heterocycles. The zero-order chi connectivity index (χ0) is 17.0. The summed E-state index contributed by atoms with van der Waals surface area (Å²) in [7, 11) is 0. The Bertz CT molecular complexity index is 528. The van der Waals surface area contributed by atoms with Crippen LogP contribution in [0.2, 0.25) is 0 Å². The van der Waals surface area contributed by atoms with Crippen LogP contribution in [0, 0.1) is 5.92 Å². The largest absolute Gasteiger partial charge is 0.354 e. The molecule has 0 saturated carbocycles. The van der Waals surface area contributed by atoms with Crippen LogP contribution in [0.4, 0.5) is 0 Å². The van der Waals surface area contributed by atoms with Gasteiger partial charge in [-0.25, -0.2) is 0 Å². The minimum Gasteiger partial charge on any atom is -0.354 e. The minimum absolute atomic E-state index is 0.110. The number of halogens is 1. The monoisotopic (exact) mass is 381 g/mol. The number of nitrogens with one attached hydrogen (secondary N) is 1. The van der Waals surface area contributed by atoms with Crippen molar-refractivity contribution in [3.8, 4) is 0 Å². The van der Waals surface area contributed by atoms with E-state index in [-0.39, 0.29) is 5.91 Å². The lowest BCUT2D eigenvalue weighted by molar-refractivity contribution is -0.126. The van der Waals surface area contributed by atoms with Gasteiger partial charge in [-0.15, -0.1) is 0 Å². The van der Waals surface area contributed by atoms with E-state index in [1.807, 2.05) is 24.3 Å². The molecule has 0 aromatic heterocycles. The Hall–Kier alpha value is -0.910. The number of nitrogens with zero attached hydrogens (tertiary/aromatic N) is 1. The van der Waals surface area contributed by atoms with Gasteiger partial charge >= 0.3 is 0 Å². The summed E-state index contributed by atoms with van der Waals surface area (Å²) in [6.45, 7) is 9.14. The van der Waals surface area contributed by atoms with Crippen LogP contribution in [0.25, 0.3) is 0 Å². The standard InChI is InChI=1S/C18H28BrN3O/c1-13(2)22-10-4-5-14(12-22)11-21-17(23)18(3,20)15-6-8-16(19)9-7-15/h6-9,13-14H,4-5,10-12,20H2,1-3H3,(H,21,23). The molecule has 2 atom stereocenters. The zero-order valence-corrected chi connectivity index (χ0v) is 15.9. The maximum atomic E-state index is 12.5. The fourth-order valence-corrected chi connectivity index (χ4v) is 3.35. The number of nitrogens with two attached hydrogens (primary N) is 1. The van der Waals surface area contributed by atoms with E-state index < -0.39 is 5.54 Å². The molecule has 1 aromatic rings. The van der Waals surface area contributed by atoms with Crippen molar-refractivity contribution in [2.24, 2.45) is 11.7 Å². The van der Waals surface area contributed by atoms with E-state index in [2.05, 4.69) is 40.0 Å². The predicted octanol–water partition coefficient (Wildman–Crippen LogP) is 2.86. The Morgan fingerprint density at radius 3 is 2.70 bits per heavy atom. The summed E-state index contributed by atoms with van der Waals surface area (Å²) >= 11 is 3.40. The maximum absolute atomic E-state index is 12.5. The molecular formula is C18H28BrN3O. The Balaban J connectivity index is 1.92. The Morgan fingerprint density at radius 1 is 1.43 bits per heavy atom. The van der Waals surface area contributed by atoms with Gasteiger partial charge in [-0.1, -0.05) is 28.1 Å². The number of rotatable bonds is 5. The molecule has 128 valence electrons. The average Bonchev–Trinajstić information content (AvgIpc) is 2.53. The molecule has 4 nitrogen and oxygen atoms in total. The molecule has 1 aliphatic rings. The first-order valence-corrected chi connectivity index (χ1v) is 9.17. The Labute approximate surface area is 147 Å². The average molecular weight is 382 g/mol. The Kier molecular flexibility index (Phi) is 6.23. The van der Waals surface area contributed by atoms with Crippen molar-refractivity contribution in [3.63, 3.8) is 0 Å². The number of likely N-dealkylation sites (tertiary alicyclic amines) is 1. The molecular weight excluding hydrogens is 354 g/mol. The van der Waals surface area contributed by atoms with Crippen LogP contribution in [0.3, 0.4) is 0 Å². The summed E-state index contributed by atoms with van der Waals surface area (Å²) in [5, 5.41) is 3.06. The lowest BCUT2D eigenvalue weighted by Crippen LogP contribution is -2.51. The van der Waals surface area contributed by atoms with Gasteiger partial charge in [0.2, 0.25) is 5.91 Å². The van der Waals surface area contributed by atoms with Crippen molar-refractivity contribution in [3.05, 3.63) is 34.3 Å². The number of hydrogen-bond acceptors (Lipinski definition) is 3. The summed E-state index contributed by atoms with van der Waals surface area (Å²) < 4.78 is 0.980. The van der Waals surface area contributed by atoms with Gasteiger partial charge in [-0.05, 0) is 63.8 Å². The van der Waals surface area contributed by atoms with Crippen molar-refractivity contribution >= 4 is 21.8 Å². The second-order valence-electron chi connectivity index (χ2n) is 7.02.